The van der Waals surface area contributed by atoms with E-state index in [1.54, 1.807) is 12.1 Å². The summed E-state index contributed by atoms with van der Waals surface area (Å²) in [6.07, 6.45) is 0. The Morgan fingerprint density at radius 2 is 1.71 bits per heavy atom. The number of benzene rings is 1. The van der Waals surface area contributed by atoms with E-state index in [9.17, 15) is 0 Å². The molecule has 0 aliphatic rings. The van der Waals surface area contributed by atoms with Crippen molar-refractivity contribution < 1.29 is 4.74 Å². The number of nitrogens with two attached hydrogens (primary N) is 2. The number of rotatable bonds is 3. The van der Waals surface area contributed by atoms with Crippen molar-refractivity contribution in [1.82, 2.24) is 15.0 Å². The van der Waals surface area contributed by atoms with Gasteiger partial charge in [0, 0.05) is 0 Å². The van der Waals surface area contributed by atoms with Gasteiger partial charge < -0.3 is 16.2 Å². The molecule has 0 amide bonds. The second kappa shape index (κ2) is 4.84. The predicted molar refractivity (Wildman–Crippen MR) is 64.4 cm³/mol. The van der Waals surface area contributed by atoms with Crippen LogP contribution in [0, 0.1) is 0 Å². The lowest BCUT2D eigenvalue weighted by molar-refractivity contribution is 0.296. The van der Waals surface area contributed by atoms with E-state index in [1.165, 1.54) is 0 Å². The van der Waals surface area contributed by atoms with Crippen LogP contribution in [0.3, 0.4) is 0 Å². The molecule has 2 aromatic rings. The maximum Gasteiger partial charge on any atom is 0.225 e. The van der Waals surface area contributed by atoms with Crippen LogP contribution in [0.25, 0.3) is 0 Å². The summed E-state index contributed by atoms with van der Waals surface area (Å²) >= 11 is 5.93. The quantitative estimate of drug-likeness (QED) is 0.852. The molecule has 7 heteroatoms. The molecule has 0 bridgehead atoms. The number of anilines is 2. The van der Waals surface area contributed by atoms with Crippen molar-refractivity contribution in [1.29, 1.82) is 0 Å². The summed E-state index contributed by atoms with van der Waals surface area (Å²) in [6, 6.07) is 7.11. The van der Waals surface area contributed by atoms with Gasteiger partial charge >= 0.3 is 0 Å². The summed E-state index contributed by atoms with van der Waals surface area (Å²) in [6.45, 7) is 0.126. The molecule has 0 aliphatic carbocycles. The Bertz CT molecular complexity index is 514. The first-order valence-electron chi connectivity index (χ1n) is 4.78. The number of halogens is 1. The van der Waals surface area contributed by atoms with Crippen molar-refractivity contribution in [3.63, 3.8) is 0 Å². The molecule has 0 spiro atoms. The Morgan fingerprint density at radius 3 is 2.35 bits per heavy atom. The van der Waals surface area contributed by atoms with Crippen molar-refractivity contribution in [2.75, 3.05) is 11.5 Å². The second-order valence-electron chi connectivity index (χ2n) is 3.19. The van der Waals surface area contributed by atoms with Gasteiger partial charge in [-0.3, -0.25) is 0 Å². The summed E-state index contributed by atoms with van der Waals surface area (Å²) in [5, 5.41) is 0.516. The van der Waals surface area contributed by atoms with Gasteiger partial charge in [0.1, 0.15) is 12.4 Å². The molecule has 0 fully saturated rings. The zero-order chi connectivity index (χ0) is 12.3. The van der Waals surface area contributed by atoms with Gasteiger partial charge in [0.05, 0.1) is 5.02 Å². The van der Waals surface area contributed by atoms with E-state index >= 15 is 0 Å². The van der Waals surface area contributed by atoms with E-state index in [2.05, 4.69) is 15.0 Å². The highest BCUT2D eigenvalue weighted by molar-refractivity contribution is 6.32. The maximum atomic E-state index is 5.93. The fourth-order valence-corrected chi connectivity index (χ4v) is 1.42. The van der Waals surface area contributed by atoms with E-state index in [4.69, 9.17) is 27.8 Å². The Hall–Kier alpha value is -2.08. The number of nitrogen functional groups attached to an aromatic ring is 2. The van der Waals surface area contributed by atoms with Crippen molar-refractivity contribution >= 4 is 23.5 Å². The Morgan fingerprint density at radius 1 is 1.06 bits per heavy atom. The van der Waals surface area contributed by atoms with E-state index < -0.39 is 0 Å². The second-order valence-corrected chi connectivity index (χ2v) is 3.59. The Balaban J connectivity index is 2.10. The van der Waals surface area contributed by atoms with Crippen LogP contribution in [-0.2, 0) is 6.61 Å². The average molecular weight is 252 g/mol. The molecule has 0 saturated carbocycles. The number of hydrogen-bond donors (Lipinski definition) is 2. The minimum atomic E-state index is 0.0651. The monoisotopic (exact) mass is 251 g/mol. The lowest BCUT2D eigenvalue weighted by Crippen LogP contribution is -2.09. The summed E-state index contributed by atoms with van der Waals surface area (Å²) in [5.74, 6) is 1.03. The zero-order valence-corrected chi connectivity index (χ0v) is 9.55. The van der Waals surface area contributed by atoms with E-state index in [0.717, 1.165) is 0 Å². The third kappa shape index (κ3) is 2.94. The molecule has 0 atom stereocenters. The van der Waals surface area contributed by atoms with Gasteiger partial charge in [-0.15, -0.1) is 0 Å². The first-order valence-corrected chi connectivity index (χ1v) is 5.16. The predicted octanol–water partition coefficient (Wildman–Crippen LogP) is 1.27. The van der Waals surface area contributed by atoms with Crippen LogP contribution in [0.1, 0.15) is 5.82 Å². The third-order valence-corrected chi connectivity index (χ3v) is 2.22. The summed E-state index contributed by atoms with van der Waals surface area (Å²) in [5.41, 5.74) is 10.9. The zero-order valence-electron chi connectivity index (χ0n) is 8.80. The maximum absolute atomic E-state index is 5.93. The molecule has 1 aromatic heterocycles. The van der Waals surface area contributed by atoms with Crippen LogP contribution in [0.15, 0.2) is 24.3 Å². The molecule has 88 valence electrons. The van der Waals surface area contributed by atoms with Crippen LogP contribution in [-0.4, -0.2) is 15.0 Å². The molecule has 1 heterocycles. The fraction of sp³-hybridized carbons (Fsp3) is 0.100. The van der Waals surface area contributed by atoms with Gasteiger partial charge in [-0.25, -0.2) is 0 Å². The minimum Gasteiger partial charge on any atom is -0.484 e. The molecule has 0 aliphatic heterocycles. The van der Waals surface area contributed by atoms with Gasteiger partial charge in [0.2, 0.25) is 11.9 Å². The smallest absolute Gasteiger partial charge is 0.225 e. The minimum absolute atomic E-state index is 0.0651. The SMILES string of the molecule is Nc1nc(N)nc(COc2ccccc2Cl)n1. The van der Waals surface area contributed by atoms with Crippen LogP contribution < -0.4 is 16.2 Å². The molecule has 17 heavy (non-hydrogen) atoms. The molecule has 4 N–H and O–H groups in total. The van der Waals surface area contributed by atoms with Crippen LogP contribution in [0.5, 0.6) is 5.75 Å². The van der Waals surface area contributed by atoms with Crippen molar-refractivity contribution in [3.8, 4) is 5.75 Å². The van der Waals surface area contributed by atoms with Crippen molar-refractivity contribution in [2.24, 2.45) is 0 Å². The molecular weight excluding hydrogens is 242 g/mol. The highest BCUT2D eigenvalue weighted by Crippen LogP contribution is 2.23. The fourth-order valence-electron chi connectivity index (χ4n) is 1.23. The number of para-hydroxylation sites is 1. The molecule has 2 rings (SSSR count). The molecule has 6 nitrogen and oxygen atoms in total. The van der Waals surface area contributed by atoms with E-state index in [1.807, 2.05) is 12.1 Å². The summed E-state index contributed by atoms with van der Waals surface area (Å²) in [7, 11) is 0. The Kier molecular flexibility index (Phi) is 3.24. The van der Waals surface area contributed by atoms with Crippen molar-refractivity contribution in [2.45, 2.75) is 6.61 Å². The first kappa shape index (κ1) is 11.4. The largest absolute Gasteiger partial charge is 0.484 e. The number of nitrogens with zero attached hydrogens (tertiary/aromatic N) is 3. The van der Waals surface area contributed by atoms with Gasteiger partial charge in [0.15, 0.2) is 5.82 Å². The molecular formula is C10H10ClN5O. The van der Waals surface area contributed by atoms with Gasteiger partial charge in [-0.1, -0.05) is 23.7 Å². The highest BCUT2D eigenvalue weighted by Gasteiger charge is 2.04. The van der Waals surface area contributed by atoms with Gasteiger partial charge in [-0.2, -0.15) is 15.0 Å². The topological polar surface area (TPSA) is 99.9 Å². The summed E-state index contributed by atoms with van der Waals surface area (Å²) < 4.78 is 5.44. The first-order chi connectivity index (χ1) is 8.15. The molecule has 1 aromatic carbocycles. The average Bonchev–Trinajstić information content (AvgIpc) is 2.27. The Labute approximate surface area is 103 Å². The number of hydrogen-bond acceptors (Lipinski definition) is 6. The number of aromatic nitrogens is 3. The normalized spacial score (nSPS) is 10.2. The highest BCUT2D eigenvalue weighted by atomic mass is 35.5. The lowest BCUT2D eigenvalue weighted by atomic mass is 10.3. The summed E-state index contributed by atoms with van der Waals surface area (Å²) in [4.78, 5) is 11.4. The van der Waals surface area contributed by atoms with Gasteiger partial charge in [-0.05, 0) is 12.1 Å². The van der Waals surface area contributed by atoms with Crippen LogP contribution in [0.2, 0.25) is 5.02 Å². The lowest BCUT2D eigenvalue weighted by Gasteiger charge is -2.07. The van der Waals surface area contributed by atoms with Gasteiger partial charge in [0.25, 0.3) is 0 Å². The number of ether oxygens (including phenoxy) is 1. The molecule has 0 unspecified atom stereocenters. The van der Waals surface area contributed by atoms with E-state index in [0.29, 0.717) is 16.6 Å². The van der Waals surface area contributed by atoms with E-state index in [-0.39, 0.29) is 18.5 Å². The third-order valence-electron chi connectivity index (χ3n) is 1.91. The molecule has 0 saturated heterocycles. The molecule has 0 radical (unpaired) electrons. The van der Waals surface area contributed by atoms with Crippen LogP contribution in [0.4, 0.5) is 11.9 Å². The van der Waals surface area contributed by atoms with Crippen molar-refractivity contribution in [3.05, 3.63) is 35.1 Å². The van der Waals surface area contributed by atoms with Crippen LogP contribution >= 0.6 is 11.6 Å². The standard InChI is InChI=1S/C10H10ClN5O/c11-6-3-1-2-4-7(6)17-5-8-14-9(12)16-10(13)15-8/h1-4H,5H2,(H4,12,13,14,15,16).